The molecule has 2 heterocycles. The quantitative estimate of drug-likeness (QED) is 0.463. The predicted molar refractivity (Wildman–Crippen MR) is 113 cm³/mol. The van der Waals surface area contributed by atoms with Crippen LogP contribution >= 0.6 is 0 Å². The van der Waals surface area contributed by atoms with Crippen LogP contribution in [0.25, 0.3) is 22.4 Å². The zero-order valence-corrected chi connectivity index (χ0v) is 18.9. The fraction of sp³-hybridized carbons (Fsp3) is 0.381. The highest BCUT2D eigenvalue weighted by atomic mass is 32.2. The van der Waals surface area contributed by atoms with Gasteiger partial charge in [0, 0.05) is 17.5 Å². The van der Waals surface area contributed by atoms with Gasteiger partial charge < -0.3 is 9.30 Å². The van der Waals surface area contributed by atoms with Gasteiger partial charge in [-0.1, -0.05) is 0 Å². The van der Waals surface area contributed by atoms with Crippen molar-refractivity contribution < 1.29 is 35.1 Å². The molecule has 1 N–H and O–H groups in total. The van der Waals surface area contributed by atoms with Crippen molar-refractivity contribution in [1.82, 2.24) is 19.3 Å². The van der Waals surface area contributed by atoms with E-state index in [0.717, 1.165) is 31.7 Å². The Morgan fingerprint density at radius 1 is 1.23 bits per heavy atom. The van der Waals surface area contributed by atoms with Crippen molar-refractivity contribution in [3.05, 3.63) is 36.2 Å². The summed E-state index contributed by atoms with van der Waals surface area (Å²) >= 11 is 0. The van der Waals surface area contributed by atoms with E-state index in [1.54, 1.807) is 4.57 Å². The largest absolute Gasteiger partial charge is 0.435 e. The van der Waals surface area contributed by atoms with Crippen LogP contribution in [0.15, 0.2) is 35.5 Å². The standard InChI is InChI=1S/C21H18F5N5O3S/c1-11(21(24,25)26)30-35(32,33)14-9-28-19(29-10-14)18-16(8-27)15-6-5-13(34-20(22)23)7-17(15)31(18)12-3-2-4-12/h5-7,9-12,20,30H,2-4H2,1H3. The molecule has 0 aliphatic heterocycles. The summed E-state index contributed by atoms with van der Waals surface area (Å²) < 4.78 is 96.2. The number of alkyl halides is 5. The summed E-state index contributed by atoms with van der Waals surface area (Å²) in [6.07, 6.45) is -0.696. The van der Waals surface area contributed by atoms with E-state index < -0.39 is 33.7 Å². The van der Waals surface area contributed by atoms with E-state index in [1.165, 1.54) is 22.9 Å². The molecular weight excluding hydrogens is 497 g/mol. The number of aromatic nitrogens is 3. The van der Waals surface area contributed by atoms with Crippen molar-refractivity contribution in [2.24, 2.45) is 0 Å². The zero-order chi connectivity index (χ0) is 25.5. The van der Waals surface area contributed by atoms with Gasteiger partial charge in [-0.2, -0.15) is 31.9 Å². The fourth-order valence-corrected chi connectivity index (χ4v) is 4.89. The molecule has 4 rings (SSSR count). The molecule has 1 aliphatic rings. The summed E-state index contributed by atoms with van der Waals surface area (Å²) in [6, 6.07) is 3.79. The molecule has 0 spiro atoms. The summed E-state index contributed by atoms with van der Waals surface area (Å²) in [6.45, 7) is -2.38. The van der Waals surface area contributed by atoms with E-state index in [0.29, 0.717) is 17.8 Å². The van der Waals surface area contributed by atoms with Crippen LogP contribution in [-0.4, -0.2) is 41.8 Å². The van der Waals surface area contributed by atoms with Gasteiger partial charge in [-0.25, -0.2) is 18.4 Å². The lowest BCUT2D eigenvalue weighted by Gasteiger charge is -2.29. The van der Waals surface area contributed by atoms with E-state index in [2.05, 4.69) is 20.8 Å². The highest BCUT2D eigenvalue weighted by molar-refractivity contribution is 7.89. The van der Waals surface area contributed by atoms with Crippen molar-refractivity contribution in [3.8, 4) is 23.3 Å². The van der Waals surface area contributed by atoms with Crippen LogP contribution in [0.2, 0.25) is 0 Å². The number of nitrogens with one attached hydrogen (secondary N) is 1. The van der Waals surface area contributed by atoms with Gasteiger partial charge in [0.25, 0.3) is 0 Å². The molecule has 14 heteroatoms. The van der Waals surface area contributed by atoms with Gasteiger partial charge in [-0.3, -0.25) is 0 Å². The molecule has 186 valence electrons. The number of rotatable bonds is 7. The van der Waals surface area contributed by atoms with E-state index in [-0.39, 0.29) is 28.9 Å². The Hall–Kier alpha value is -3.31. The van der Waals surface area contributed by atoms with Crippen molar-refractivity contribution in [3.63, 3.8) is 0 Å². The van der Waals surface area contributed by atoms with Gasteiger partial charge in [0.1, 0.15) is 28.4 Å². The lowest BCUT2D eigenvalue weighted by Crippen LogP contribution is -2.43. The monoisotopic (exact) mass is 515 g/mol. The number of hydrogen-bond donors (Lipinski definition) is 1. The van der Waals surface area contributed by atoms with Crippen molar-refractivity contribution >= 4 is 20.9 Å². The molecule has 35 heavy (non-hydrogen) atoms. The third-order valence-corrected chi connectivity index (χ3v) is 7.22. The summed E-state index contributed by atoms with van der Waals surface area (Å²) in [7, 11) is -4.57. The second-order valence-electron chi connectivity index (χ2n) is 7.97. The molecular formula is C21H18F5N5O3S. The van der Waals surface area contributed by atoms with Crippen molar-refractivity contribution in [2.45, 2.75) is 56.0 Å². The number of halogens is 5. The molecule has 1 aromatic carbocycles. The Bertz CT molecular complexity index is 1390. The van der Waals surface area contributed by atoms with Gasteiger partial charge in [-0.05, 0) is 38.3 Å². The van der Waals surface area contributed by atoms with Crippen LogP contribution in [0.5, 0.6) is 5.75 Å². The topological polar surface area (TPSA) is 110 Å². The third kappa shape index (κ3) is 4.78. The number of benzene rings is 1. The van der Waals surface area contributed by atoms with Crippen molar-refractivity contribution in [1.29, 1.82) is 5.26 Å². The molecule has 3 aromatic rings. The molecule has 1 atom stereocenters. The summed E-state index contributed by atoms with van der Waals surface area (Å²) in [4.78, 5) is 7.46. The van der Waals surface area contributed by atoms with Gasteiger partial charge >= 0.3 is 12.8 Å². The SMILES string of the molecule is CC(NS(=O)(=O)c1cnc(-c2c(C#N)c3ccc(OC(F)F)cc3n2C2CCC2)nc1)C(F)(F)F. The number of ether oxygens (including phenoxy) is 1. The van der Waals surface area contributed by atoms with E-state index in [4.69, 9.17) is 0 Å². The zero-order valence-electron chi connectivity index (χ0n) is 18.1. The molecule has 1 aliphatic carbocycles. The van der Waals surface area contributed by atoms with Gasteiger partial charge in [0.05, 0.1) is 23.5 Å². The number of nitriles is 1. The number of nitrogens with zero attached hydrogens (tertiary/aromatic N) is 4. The maximum Gasteiger partial charge on any atom is 0.404 e. The minimum absolute atomic E-state index is 0.0382. The van der Waals surface area contributed by atoms with E-state index in [9.17, 15) is 35.6 Å². The Morgan fingerprint density at radius 3 is 2.40 bits per heavy atom. The number of hydrogen-bond acceptors (Lipinski definition) is 6. The highest BCUT2D eigenvalue weighted by Crippen LogP contribution is 2.42. The smallest absolute Gasteiger partial charge is 0.404 e. The molecule has 0 radical (unpaired) electrons. The molecule has 0 bridgehead atoms. The first-order valence-electron chi connectivity index (χ1n) is 10.4. The summed E-state index contributed by atoms with van der Waals surface area (Å²) in [5.41, 5.74) is 0.845. The first kappa shape index (κ1) is 24.8. The van der Waals surface area contributed by atoms with Crippen LogP contribution < -0.4 is 9.46 Å². The van der Waals surface area contributed by atoms with Crippen LogP contribution in [0.1, 0.15) is 37.8 Å². The molecule has 2 aromatic heterocycles. The second-order valence-corrected chi connectivity index (χ2v) is 9.69. The normalized spacial score (nSPS) is 15.7. The molecule has 0 amide bonds. The number of fused-ring (bicyclic) bond motifs is 1. The van der Waals surface area contributed by atoms with Crippen LogP contribution in [0.3, 0.4) is 0 Å². The Kier molecular flexibility index (Phi) is 6.41. The molecule has 8 nitrogen and oxygen atoms in total. The Labute approximate surface area is 196 Å². The van der Waals surface area contributed by atoms with E-state index >= 15 is 0 Å². The maximum absolute atomic E-state index is 12.8. The minimum atomic E-state index is -4.79. The summed E-state index contributed by atoms with van der Waals surface area (Å²) in [5.74, 6) is -0.141. The molecule has 1 fully saturated rings. The van der Waals surface area contributed by atoms with Gasteiger partial charge in [0.15, 0.2) is 5.82 Å². The Balaban J connectivity index is 1.80. The van der Waals surface area contributed by atoms with Crippen LogP contribution in [0, 0.1) is 11.3 Å². The lowest BCUT2D eigenvalue weighted by atomic mass is 9.92. The van der Waals surface area contributed by atoms with E-state index in [1.807, 2.05) is 0 Å². The number of sulfonamides is 1. The summed E-state index contributed by atoms with van der Waals surface area (Å²) in [5, 5.41) is 10.3. The third-order valence-electron chi connectivity index (χ3n) is 5.73. The average Bonchev–Trinajstić information content (AvgIpc) is 3.04. The second kappa shape index (κ2) is 9.04. The van der Waals surface area contributed by atoms with Gasteiger partial charge in [-0.15, -0.1) is 0 Å². The van der Waals surface area contributed by atoms with Gasteiger partial charge in [0.2, 0.25) is 10.0 Å². The average molecular weight is 515 g/mol. The molecule has 1 saturated carbocycles. The fourth-order valence-electron chi connectivity index (χ4n) is 3.77. The minimum Gasteiger partial charge on any atom is -0.435 e. The highest BCUT2D eigenvalue weighted by Gasteiger charge is 2.39. The maximum atomic E-state index is 12.8. The first-order valence-corrected chi connectivity index (χ1v) is 11.8. The Morgan fingerprint density at radius 2 is 1.89 bits per heavy atom. The molecule has 1 unspecified atom stereocenters. The van der Waals surface area contributed by atoms with Crippen molar-refractivity contribution in [2.75, 3.05) is 0 Å². The lowest BCUT2D eigenvalue weighted by molar-refractivity contribution is -0.147. The molecule has 0 saturated heterocycles. The van der Waals surface area contributed by atoms with Crippen LogP contribution in [0.4, 0.5) is 22.0 Å². The predicted octanol–water partition coefficient (Wildman–Crippen LogP) is 4.53. The van der Waals surface area contributed by atoms with Crippen LogP contribution in [-0.2, 0) is 10.0 Å². The first-order chi connectivity index (χ1) is 16.4.